The lowest BCUT2D eigenvalue weighted by atomic mass is 9.73. The Bertz CT molecular complexity index is 1130. The van der Waals surface area contributed by atoms with Crippen molar-refractivity contribution in [3.63, 3.8) is 0 Å². The summed E-state index contributed by atoms with van der Waals surface area (Å²) in [6.45, 7) is 0. The van der Waals surface area contributed by atoms with Crippen LogP contribution in [-0.4, -0.2) is 19.0 Å². The second-order valence-corrected chi connectivity index (χ2v) is 7.89. The molecule has 0 fully saturated rings. The standard InChI is InChI=1S/C23H16BrNO3/c1-28-22(27)20-16-9-5-6-10-19(16)25-21(26)17-13-15(24)11-12-18(17)23(20,25)14-7-3-2-4-8-14/h2-13,20H,1H3/t20-,23+/m0/s1. The second kappa shape index (κ2) is 6.04. The number of carbonyl (C=O) groups excluding carboxylic acids is 2. The van der Waals surface area contributed by atoms with Gasteiger partial charge in [-0.3, -0.25) is 14.5 Å². The number of benzene rings is 3. The van der Waals surface area contributed by atoms with Crippen LogP contribution in [0.1, 0.15) is 33.0 Å². The average Bonchev–Trinajstić information content (AvgIpc) is 3.17. The van der Waals surface area contributed by atoms with Gasteiger partial charge < -0.3 is 4.74 Å². The van der Waals surface area contributed by atoms with Gasteiger partial charge in [0.1, 0.15) is 11.5 Å². The number of rotatable bonds is 2. The molecule has 0 aromatic heterocycles. The van der Waals surface area contributed by atoms with Crippen molar-refractivity contribution >= 4 is 33.5 Å². The van der Waals surface area contributed by atoms with Crippen molar-refractivity contribution in [2.24, 2.45) is 0 Å². The van der Waals surface area contributed by atoms with E-state index in [1.165, 1.54) is 7.11 Å². The topological polar surface area (TPSA) is 46.6 Å². The molecule has 0 bridgehead atoms. The van der Waals surface area contributed by atoms with Gasteiger partial charge in [-0.15, -0.1) is 0 Å². The number of nitrogens with zero attached hydrogens (tertiary/aromatic N) is 1. The summed E-state index contributed by atoms with van der Waals surface area (Å²) >= 11 is 3.47. The molecule has 2 atom stereocenters. The maximum Gasteiger partial charge on any atom is 0.316 e. The number of hydrogen-bond donors (Lipinski definition) is 0. The first kappa shape index (κ1) is 17.2. The Hall–Kier alpha value is -2.92. The van der Waals surface area contributed by atoms with E-state index in [-0.39, 0.29) is 11.9 Å². The predicted octanol–water partition coefficient (Wildman–Crippen LogP) is 4.62. The van der Waals surface area contributed by atoms with E-state index >= 15 is 0 Å². The van der Waals surface area contributed by atoms with Gasteiger partial charge in [-0.25, -0.2) is 0 Å². The van der Waals surface area contributed by atoms with Crippen molar-refractivity contribution in [1.29, 1.82) is 0 Å². The van der Waals surface area contributed by atoms with Crippen LogP contribution in [0, 0.1) is 0 Å². The van der Waals surface area contributed by atoms with Gasteiger partial charge in [-0.05, 0) is 34.9 Å². The van der Waals surface area contributed by atoms with Crippen LogP contribution in [0.3, 0.4) is 0 Å². The van der Waals surface area contributed by atoms with Crippen molar-refractivity contribution in [2.45, 2.75) is 11.5 Å². The summed E-state index contributed by atoms with van der Waals surface area (Å²) < 4.78 is 6.06. The van der Waals surface area contributed by atoms with Crippen LogP contribution in [0.2, 0.25) is 0 Å². The molecule has 0 aliphatic carbocycles. The van der Waals surface area contributed by atoms with Gasteiger partial charge in [0.2, 0.25) is 0 Å². The van der Waals surface area contributed by atoms with E-state index in [4.69, 9.17) is 4.74 Å². The van der Waals surface area contributed by atoms with Crippen LogP contribution in [0.15, 0.2) is 77.3 Å². The van der Waals surface area contributed by atoms with Crippen LogP contribution in [0.5, 0.6) is 0 Å². The van der Waals surface area contributed by atoms with Crippen molar-refractivity contribution < 1.29 is 14.3 Å². The fraction of sp³-hybridized carbons (Fsp3) is 0.130. The van der Waals surface area contributed by atoms with Gasteiger partial charge in [-0.2, -0.15) is 0 Å². The van der Waals surface area contributed by atoms with Crippen LogP contribution in [0.25, 0.3) is 0 Å². The zero-order valence-corrected chi connectivity index (χ0v) is 16.6. The largest absolute Gasteiger partial charge is 0.468 e. The van der Waals surface area contributed by atoms with Gasteiger partial charge >= 0.3 is 5.97 Å². The number of hydrogen-bond acceptors (Lipinski definition) is 3. The smallest absolute Gasteiger partial charge is 0.316 e. The maximum absolute atomic E-state index is 13.6. The third kappa shape index (κ3) is 2.00. The van der Waals surface area contributed by atoms with Gasteiger partial charge in [0.25, 0.3) is 5.91 Å². The number of amides is 1. The molecule has 2 aliphatic rings. The molecule has 3 aromatic carbocycles. The molecule has 28 heavy (non-hydrogen) atoms. The quantitative estimate of drug-likeness (QED) is 0.553. The third-order valence-corrected chi connectivity index (χ3v) is 6.23. The van der Waals surface area contributed by atoms with E-state index in [2.05, 4.69) is 15.9 Å². The first-order valence-electron chi connectivity index (χ1n) is 8.97. The molecule has 0 saturated carbocycles. The van der Waals surface area contributed by atoms with E-state index in [1.54, 1.807) is 4.90 Å². The van der Waals surface area contributed by atoms with Crippen molar-refractivity contribution in [3.8, 4) is 0 Å². The number of ether oxygens (including phenoxy) is 1. The Labute approximate surface area is 170 Å². The molecule has 5 rings (SSSR count). The highest BCUT2D eigenvalue weighted by Gasteiger charge is 2.64. The lowest BCUT2D eigenvalue weighted by molar-refractivity contribution is -0.143. The molecule has 1 amide bonds. The fourth-order valence-electron chi connectivity index (χ4n) is 4.73. The van der Waals surface area contributed by atoms with Gasteiger partial charge in [0, 0.05) is 15.7 Å². The lowest BCUT2D eigenvalue weighted by Gasteiger charge is -2.37. The third-order valence-electron chi connectivity index (χ3n) is 5.74. The summed E-state index contributed by atoms with van der Waals surface area (Å²) in [4.78, 5) is 28.5. The Morgan fingerprint density at radius 3 is 2.50 bits per heavy atom. The predicted molar refractivity (Wildman–Crippen MR) is 109 cm³/mol. The van der Waals surface area contributed by atoms with E-state index in [0.29, 0.717) is 5.56 Å². The Morgan fingerprint density at radius 1 is 1.04 bits per heavy atom. The highest BCUT2D eigenvalue weighted by molar-refractivity contribution is 9.10. The minimum atomic E-state index is -0.967. The molecule has 5 heteroatoms. The maximum atomic E-state index is 13.6. The molecule has 0 radical (unpaired) electrons. The Balaban J connectivity index is 1.93. The first-order valence-corrected chi connectivity index (χ1v) is 9.77. The van der Waals surface area contributed by atoms with E-state index in [9.17, 15) is 9.59 Å². The van der Waals surface area contributed by atoms with Gasteiger partial charge in [-0.1, -0.05) is 70.5 Å². The number of fused-ring (bicyclic) bond motifs is 5. The Kier molecular flexibility index (Phi) is 3.71. The summed E-state index contributed by atoms with van der Waals surface area (Å²) in [6, 6.07) is 23.0. The van der Waals surface area contributed by atoms with Crippen LogP contribution in [0.4, 0.5) is 5.69 Å². The van der Waals surface area contributed by atoms with Crippen LogP contribution >= 0.6 is 15.9 Å². The zero-order valence-electron chi connectivity index (χ0n) is 15.1. The number of methoxy groups -OCH3 is 1. The van der Waals surface area contributed by atoms with Gasteiger partial charge in [0.15, 0.2) is 0 Å². The van der Waals surface area contributed by atoms with Gasteiger partial charge in [0.05, 0.1) is 7.11 Å². The molecule has 0 spiro atoms. The first-order chi connectivity index (χ1) is 13.6. The molecule has 0 saturated heterocycles. The van der Waals surface area contributed by atoms with Crippen molar-refractivity contribution in [1.82, 2.24) is 0 Å². The van der Waals surface area contributed by atoms with Crippen molar-refractivity contribution in [2.75, 3.05) is 12.0 Å². The minimum Gasteiger partial charge on any atom is -0.468 e. The molecule has 0 N–H and O–H groups in total. The van der Waals surface area contributed by atoms with Crippen LogP contribution < -0.4 is 4.90 Å². The normalized spacial score (nSPS) is 21.9. The average molecular weight is 434 g/mol. The Morgan fingerprint density at radius 2 is 1.75 bits per heavy atom. The summed E-state index contributed by atoms with van der Waals surface area (Å²) in [5.74, 6) is -1.12. The molecule has 0 unspecified atom stereocenters. The second-order valence-electron chi connectivity index (χ2n) is 6.98. The number of para-hydroxylation sites is 1. The molecular weight excluding hydrogens is 418 g/mol. The summed E-state index contributed by atoms with van der Waals surface area (Å²) in [5, 5.41) is 0. The zero-order chi connectivity index (χ0) is 19.5. The van der Waals surface area contributed by atoms with E-state index in [1.807, 2.05) is 72.8 Å². The molecule has 138 valence electrons. The summed E-state index contributed by atoms with van der Waals surface area (Å²) in [5.41, 5.74) is 2.89. The molecule has 2 aliphatic heterocycles. The SMILES string of the molecule is COC(=O)[C@@H]1c2ccccc2N2C(=O)c3cc(Br)ccc3[C@]12c1ccccc1. The highest BCUT2D eigenvalue weighted by Crippen LogP contribution is 2.61. The van der Waals surface area contributed by atoms with Crippen LogP contribution in [-0.2, 0) is 15.1 Å². The number of esters is 1. The number of carbonyl (C=O) groups is 2. The monoisotopic (exact) mass is 433 g/mol. The number of halogens is 1. The summed E-state index contributed by atoms with van der Waals surface area (Å²) in [6.07, 6.45) is 0. The molecule has 2 heterocycles. The fourth-order valence-corrected chi connectivity index (χ4v) is 5.09. The number of anilines is 1. The minimum absolute atomic E-state index is 0.112. The molecule has 3 aromatic rings. The molecular formula is C23H16BrNO3. The lowest BCUT2D eigenvalue weighted by Crippen LogP contribution is -2.47. The van der Waals surface area contributed by atoms with Crippen molar-refractivity contribution in [3.05, 3.63) is 99.5 Å². The molecule has 4 nitrogen and oxygen atoms in total. The summed E-state index contributed by atoms with van der Waals surface area (Å²) in [7, 11) is 1.39. The van der Waals surface area contributed by atoms with E-state index in [0.717, 1.165) is 26.9 Å². The van der Waals surface area contributed by atoms with E-state index < -0.39 is 11.5 Å². The highest BCUT2D eigenvalue weighted by atomic mass is 79.9.